The van der Waals surface area contributed by atoms with Crippen molar-refractivity contribution < 1.29 is 0 Å². The highest BCUT2D eigenvalue weighted by Gasteiger charge is 2.25. The van der Waals surface area contributed by atoms with Crippen LogP contribution in [-0.4, -0.2) is 49.0 Å². The van der Waals surface area contributed by atoms with Gasteiger partial charge < -0.3 is 10.2 Å². The number of benzene rings is 1. The molecule has 1 saturated heterocycles. The zero-order valence-electron chi connectivity index (χ0n) is 14.3. The fourth-order valence-corrected chi connectivity index (χ4v) is 3.41. The molecular formula is C18H30IN3S. The van der Waals surface area contributed by atoms with Gasteiger partial charge >= 0.3 is 0 Å². The van der Waals surface area contributed by atoms with Crippen LogP contribution in [0.3, 0.4) is 0 Å². The second-order valence-electron chi connectivity index (χ2n) is 5.78. The van der Waals surface area contributed by atoms with E-state index in [4.69, 9.17) is 4.99 Å². The van der Waals surface area contributed by atoms with Crippen LogP contribution in [0.2, 0.25) is 0 Å². The lowest BCUT2D eigenvalue weighted by molar-refractivity contribution is 0.485. The number of likely N-dealkylation sites (tertiary alicyclic amines) is 1. The predicted octanol–water partition coefficient (Wildman–Crippen LogP) is 4.20. The highest BCUT2D eigenvalue weighted by atomic mass is 127. The first-order valence-corrected chi connectivity index (χ1v) is 9.81. The summed E-state index contributed by atoms with van der Waals surface area (Å²) in [5.41, 5.74) is 1.46. The highest BCUT2D eigenvalue weighted by Crippen LogP contribution is 2.26. The van der Waals surface area contributed by atoms with Crippen LogP contribution in [0.1, 0.15) is 37.7 Å². The topological polar surface area (TPSA) is 27.6 Å². The Balaban J connectivity index is 0.00000264. The molecule has 0 aromatic heterocycles. The standard InChI is InChI=1S/C18H29N3S.HI/c1-3-19-18(20-12-7-8-14-22-2)21-13-11-17(15-21)16-9-5-4-6-10-16;/h4-6,9-10,17H,3,7-8,11-15H2,1-2H3,(H,19,20);1H. The maximum absolute atomic E-state index is 4.82. The number of unbranched alkanes of at least 4 members (excludes halogenated alkanes) is 1. The van der Waals surface area contributed by atoms with Gasteiger partial charge in [0.15, 0.2) is 5.96 Å². The summed E-state index contributed by atoms with van der Waals surface area (Å²) in [6.07, 6.45) is 5.84. The van der Waals surface area contributed by atoms with Crippen molar-refractivity contribution in [2.75, 3.05) is 38.2 Å². The number of hydrogen-bond acceptors (Lipinski definition) is 2. The van der Waals surface area contributed by atoms with E-state index in [9.17, 15) is 0 Å². The molecule has 1 heterocycles. The van der Waals surface area contributed by atoms with Crippen molar-refractivity contribution in [3.8, 4) is 0 Å². The molecule has 1 N–H and O–H groups in total. The van der Waals surface area contributed by atoms with Crippen LogP contribution in [0, 0.1) is 0 Å². The number of guanidine groups is 1. The molecule has 1 aliphatic rings. The minimum Gasteiger partial charge on any atom is -0.357 e. The van der Waals surface area contributed by atoms with Gasteiger partial charge in [0.1, 0.15) is 0 Å². The van der Waals surface area contributed by atoms with Crippen molar-refractivity contribution in [2.45, 2.75) is 32.1 Å². The molecule has 0 aliphatic carbocycles. The molecule has 0 bridgehead atoms. The molecule has 0 saturated carbocycles. The quantitative estimate of drug-likeness (QED) is 0.294. The monoisotopic (exact) mass is 447 g/mol. The van der Waals surface area contributed by atoms with Gasteiger partial charge in [0, 0.05) is 32.1 Å². The minimum absolute atomic E-state index is 0. The van der Waals surface area contributed by atoms with E-state index in [0.717, 1.165) is 32.1 Å². The maximum atomic E-state index is 4.82. The highest BCUT2D eigenvalue weighted by molar-refractivity contribution is 14.0. The molecule has 3 nitrogen and oxygen atoms in total. The average Bonchev–Trinajstić information content (AvgIpc) is 3.04. The number of halogens is 1. The van der Waals surface area contributed by atoms with Gasteiger partial charge in [-0.2, -0.15) is 11.8 Å². The van der Waals surface area contributed by atoms with E-state index in [0.29, 0.717) is 5.92 Å². The van der Waals surface area contributed by atoms with Crippen LogP contribution in [0.15, 0.2) is 35.3 Å². The van der Waals surface area contributed by atoms with E-state index in [1.807, 2.05) is 11.8 Å². The SMILES string of the molecule is CCNC(=NCCCCSC)N1CCC(c2ccccc2)C1.I. The summed E-state index contributed by atoms with van der Waals surface area (Å²) in [6.45, 7) is 6.22. The van der Waals surface area contributed by atoms with E-state index < -0.39 is 0 Å². The normalized spacial score (nSPS) is 17.9. The van der Waals surface area contributed by atoms with Gasteiger partial charge in [-0.15, -0.1) is 24.0 Å². The van der Waals surface area contributed by atoms with Gasteiger partial charge in [0.25, 0.3) is 0 Å². The number of rotatable bonds is 7. The third-order valence-electron chi connectivity index (χ3n) is 4.11. The Hall–Kier alpha value is -0.430. The summed E-state index contributed by atoms with van der Waals surface area (Å²) >= 11 is 1.92. The fraction of sp³-hybridized carbons (Fsp3) is 0.611. The van der Waals surface area contributed by atoms with Crippen LogP contribution in [0.4, 0.5) is 0 Å². The Morgan fingerprint density at radius 1 is 1.30 bits per heavy atom. The molecule has 0 radical (unpaired) electrons. The molecular weight excluding hydrogens is 417 g/mol. The van der Waals surface area contributed by atoms with Crippen molar-refractivity contribution in [1.82, 2.24) is 10.2 Å². The van der Waals surface area contributed by atoms with Crippen LogP contribution in [-0.2, 0) is 0 Å². The molecule has 2 rings (SSSR count). The van der Waals surface area contributed by atoms with Crippen molar-refractivity contribution >= 4 is 41.7 Å². The number of nitrogens with zero attached hydrogens (tertiary/aromatic N) is 2. The lowest BCUT2D eigenvalue weighted by atomic mass is 9.99. The first-order chi connectivity index (χ1) is 10.8. The summed E-state index contributed by atoms with van der Waals surface area (Å²) in [5, 5.41) is 3.46. The maximum Gasteiger partial charge on any atom is 0.193 e. The molecule has 1 aromatic carbocycles. The molecule has 130 valence electrons. The van der Waals surface area contributed by atoms with Crippen molar-refractivity contribution in [3.05, 3.63) is 35.9 Å². The van der Waals surface area contributed by atoms with Gasteiger partial charge in [-0.05, 0) is 43.8 Å². The second-order valence-corrected chi connectivity index (χ2v) is 6.76. The van der Waals surface area contributed by atoms with E-state index in [2.05, 4.69) is 53.7 Å². The van der Waals surface area contributed by atoms with Crippen LogP contribution >= 0.6 is 35.7 Å². The largest absolute Gasteiger partial charge is 0.357 e. The van der Waals surface area contributed by atoms with Crippen molar-refractivity contribution in [3.63, 3.8) is 0 Å². The fourth-order valence-electron chi connectivity index (χ4n) is 2.92. The first-order valence-electron chi connectivity index (χ1n) is 8.42. The lowest BCUT2D eigenvalue weighted by Crippen LogP contribution is -2.40. The zero-order chi connectivity index (χ0) is 15.6. The number of thioether (sulfide) groups is 1. The molecule has 1 atom stereocenters. The van der Waals surface area contributed by atoms with E-state index in [1.54, 1.807) is 0 Å². The Morgan fingerprint density at radius 3 is 2.78 bits per heavy atom. The first kappa shape index (κ1) is 20.6. The van der Waals surface area contributed by atoms with Gasteiger partial charge in [0.05, 0.1) is 0 Å². The zero-order valence-corrected chi connectivity index (χ0v) is 17.5. The number of aliphatic imine (C=N–C) groups is 1. The predicted molar refractivity (Wildman–Crippen MR) is 114 cm³/mol. The third-order valence-corrected chi connectivity index (χ3v) is 4.81. The smallest absolute Gasteiger partial charge is 0.193 e. The summed E-state index contributed by atoms with van der Waals surface area (Å²) in [7, 11) is 0. The van der Waals surface area contributed by atoms with E-state index in [-0.39, 0.29) is 24.0 Å². The van der Waals surface area contributed by atoms with Gasteiger partial charge in [-0.3, -0.25) is 4.99 Å². The van der Waals surface area contributed by atoms with E-state index in [1.165, 1.54) is 30.6 Å². The van der Waals surface area contributed by atoms with E-state index >= 15 is 0 Å². The molecule has 1 aliphatic heterocycles. The second kappa shape index (κ2) is 12.0. The Morgan fingerprint density at radius 2 is 2.09 bits per heavy atom. The van der Waals surface area contributed by atoms with Gasteiger partial charge in [-0.1, -0.05) is 30.3 Å². The summed E-state index contributed by atoms with van der Waals surface area (Å²) in [5.74, 6) is 2.98. The molecule has 23 heavy (non-hydrogen) atoms. The molecule has 5 heteroatoms. The van der Waals surface area contributed by atoms with Crippen LogP contribution in [0.25, 0.3) is 0 Å². The summed E-state index contributed by atoms with van der Waals surface area (Å²) < 4.78 is 0. The van der Waals surface area contributed by atoms with Crippen LogP contribution < -0.4 is 5.32 Å². The van der Waals surface area contributed by atoms with Gasteiger partial charge in [-0.25, -0.2) is 0 Å². The minimum atomic E-state index is 0. The number of hydrogen-bond donors (Lipinski definition) is 1. The lowest BCUT2D eigenvalue weighted by Gasteiger charge is -2.21. The molecule has 1 unspecified atom stereocenters. The Bertz CT molecular complexity index is 453. The Labute approximate surface area is 162 Å². The summed E-state index contributed by atoms with van der Waals surface area (Å²) in [4.78, 5) is 7.24. The molecule has 0 amide bonds. The average molecular weight is 447 g/mol. The summed E-state index contributed by atoms with van der Waals surface area (Å²) in [6, 6.07) is 10.9. The molecule has 1 aromatic rings. The van der Waals surface area contributed by atoms with Gasteiger partial charge in [0.2, 0.25) is 0 Å². The molecule has 1 fully saturated rings. The molecule has 0 spiro atoms. The Kier molecular flexibility index (Phi) is 10.8. The van der Waals surface area contributed by atoms with Crippen molar-refractivity contribution in [1.29, 1.82) is 0 Å². The third kappa shape index (κ3) is 6.91. The van der Waals surface area contributed by atoms with Crippen molar-refractivity contribution in [2.24, 2.45) is 4.99 Å². The number of nitrogens with one attached hydrogen (secondary N) is 1. The van der Waals surface area contributed by atoms with Crippen LogP contribution in [0.5, 0.6) is 0 Å².